The van der Waals surface area contributed by atoms with Crippen LogP contribution in [0.3, 0.4) is 0 Å². The maximum Gasteiger partial charge on any atom is 0.283 e. The fourth-order valence-electron chi connectivity index (χ4n) is 2.46. The number of allylic oxidation sites excluding steroid dienone is 1. The number of benzene rings is 2. The highest BCUT2D eigenvalue weighted by molar-refractivity contribution is 7.99. The number of aryl methyl sites for hydroxylation is 1. The topological polar surface area (TPSA) is 102 Å². The SMILES string of the molecule is Cn1ccnc1Sc1ccc(/C=C(\C#N)C(=O)c2ccccc2)cc1[N+](=O)[O-]. The van der Waals surface area contributed by atoms with E-state index in [-0.39, 0.29) is 11.3 Å². The van der Waals surface area contributed by atoms with Crippen LogP contribution in [0.4, 0.5) is 5.69 Å². The lowest BCUT2D eigenvalue weighted by Gasteiger charge is -2.05. The number of carbonyl (C=O) groups is 1. The van der Waals surface area contributed by atoms with E-state index < -0.39 is 10.7 Å². The van der Waals surface area contributed by atoms with E-state index >= 15 is 0 Å². The van der Waals surface area contributed by atoms with Crippen molar-refractivity contribution in [3.63, 3.8) is 0 Å². The fraction of sp³-hybridized carbons (Fsp3) is 0.0500. The third kappa shape index (κ3) is 4.16. The zero-order valence-corrected chi connectivity index (χ0v) is 15.6. The lowest BCUT2D eigenvalue weighted by molar-refractivity contribution is -0.387. The average molecular weight is 390 g/mol. The molecular weight excluding hydrogens is 376 g/mol. The minimum absolute atomic E-state index is 0.0926. The molecule has 7 nitrogen and oxygen atoms in total. The molecule has 0 N–H and O–H groups in total. The molecule has 0 spiro atoms. The Kier molecular flexibility index (Phi) is 5.67. The second-order valence-corrected chi connectivity index (χ2v) is 6.78. The highest BCUT2D eigenvalue weighted by Crippen LogP contribution is 2.34. The zero-order chi connectivity index (χ0) is 20.1. The number of carbonyl (C=O) groups excluding carboxylic acids is 1. The quantitative estimate of drug-likeness (QED) is 0.205. The Morgan fingerprint density at radius 1 is 1.29 bits per heavy atom. The van der Waals surface area contributed by atoms with Crippen molar-refractivity contribution in [1.82, 2.24) is 9.55 Å². The number of Topliss-reactive ketones (excluding diaryl/α,β-unsaturated/α-hetero) is 1. The van der Waals surface area contributed by atoms with Crippen LogP contribution in [-0.2, 0) is 7.05 Å². The largest absolute Gasteiger partial charge is 0.329 e. The van der Waals surface area contributed by atoms with Crippen LogP contribution in [0.1, 0.15) is 15.9 Å². The van der Waals surface area contributed by atoms with Crippen LogP contribution in [0.25, 0.3) is 6.08 Å². The van der Waals surface area contributed by atoms with Gasteiger partial charge in [-0.2, -0.15) is 5.26 Å². The van der Waals surface area contributed by atoms with Gasteiger partial charge in [-0.25, -0.2) is 4.98 Å². The molecule has 0 aliphatic carbocycles. The molecule has 138 valence electrons. The third-order valence-corrected chi connectivity index (χ3v) is 5.01. The molecule has 2 aromatic carbocycles. The number of rotatable bonds is 6. The van der Waals surface area contributed by atoms with Gasteiger partial charge < -0.3 is 4.57 Å². The summed E-state index contributed by atoms with van der Waals surface area (Å²) in [4.78, 5) is 28.1. The fourth-order valence-corrected chi connectivity index (χ4v) is 3.35. The van der Waals surface area contributed by atoms with Gasteiger partial charge in [0.1, 0.15) is 11.6 Å². The van der Waals surface area contributed by atoms with Gasteiger partial charge in [0.05, 0.1) is 9.82 Å². The molecule has 0 fully saturated rings. The number of hydrogen-bond donors (Lipinski definition) is 0. The first-order valence-corrected chi connectivity index (χ1v) is 8.96. The summed E-state index contributed by atoms with van der Waals surface area (Å²) in [6, 6.07) is 14.9. The van der Waals surface area contributed by atoms with Gasteiger partial charge in [-0.15, -0.1) is 0 Å². The normalized spacial score (nSPS) is 11.1. The number of nitro groups is 1. The summed E-state index contributed by atoms with van der Waals surface area (Å²) in [7, 11) is 1.80. The standard InChI is InChI=1S/C20H14N4O3S/c1-23-10-9-22-20(23)28-18-8-7-14(12-17(18)24(26)27)11-16(13-21)19(25)15-5-3-2-4-6-15/h2-12H,1H3/b16-11+. The van der Waals surface area contributed by atoms with Crippen molar-refractivity contribution in [3.05, 3.63) is 87.7 Å². The molecule has 1 aromatic heterocycles. The Hall–Kier alpha value is -3.70. The van der Waals surface area contributed by atoms with Gasteiger partial charge in [0, 0.05) is 31.1 Å². The molecular formula is C20H14N4O3S. The second-order valence-electron chi connectivity index (χ2n) is 5.77. The van der Waals surface area contributed by atoms with Gasteiger partial charge in [0.15, 0.2) is 5.16 Å². The monoisotopic (exact) mass is 390 g/mol. The molecule has 28 heavy (non-hydrogen) atoms. The number of hydrogen-bond acceptors (Lipinski definition) is 6. The highest BCUT2D eigenvalue weighted by atomic mass is 32.2. The third-order valence-electron chi connectivity index (χ3n) is 3.87. The van der Waals surface area contributed by atoms with Gasteiger partial charge in [-0.05, 0) is 29.5 Å². The molecule has 0 aliphatic rings. The van der Waals surface area contributed by atoms with Crippen LogP contribution >= 0.6 is 11.8 Å². The molecule has 3 rings (SSSR count). The average Bonchev–Trinajstić information content (AvgIpc) is 3.11. The van der Waals surface area contributed by atoms with E-state index in [4.69, 9.17) is 0 Å². The Morgan fingerprint density at radius 2 is 2.04 bits per heavy atom. The van der Waals surface area contributed by atoms with E-state index in [1.807, 2.05) is 6.07 Å². The van der Waals surface area contributed by atoms with Crippen LogP contribution in [0.5, 0.6) is 0 Å². The van der Waals surface area contributed by atoms with E-state index in [2.05, 4.69) is 4.98 Å². The molecule has 0 atom stereocenters. The van der Waals surface area contributed by atoms with Crippen LogP contribution in [0, 0.1) is 21.4 Å². The van der Waals surface area contributed by atoms with Crippen molar-refractivity contribution in [3.8, 4) is 6.07 Å². The molecule has 0 saturated carbocycles. The Bertz CT molecular complexity index is 1110. The van der Waals surface area contributed by atoms with Crippen molar-refractivity contribution in [2.75, 3.05) is 0 Å². The summed E-state index contributed by atoms with van der Waals surface area (Å²) >= 11 is 1.17. The van der Waals surface area contributed by atoms with Crippen molar-refractivity contribution >= 4 is 29.3 Å². The molecule has 0 radical (unpaired) electrons. The maximum atomic E-state index is 12.5. The number of nitrogens with zero attached hydrogens (tertiary/aromatic N) is 4. The Labute approximate surface area is 165 Å². The minimum Gasteiger partial charge on any atom is -0.329 e. The summed E-state index contributed by atoms with van der Waals surface area (Å²) in [6.45, 7) is 0. The van der Waals surface area contributed by atoms with Crippen LogP contribution in [0.15, 0.2) is 76.5 Å². The predicted molar refractivity (Wildman–Crippen MR) is 105 cm³/mol. The van der Waals surface area contributed by atoms with Gasteiger partial charge in [0.25, 0.3) is 5.69 Å². The number of imidazole rings is 1. The van der Waals surface area contributed by atoms with E-state index in [9.17, 15) is 20.2 Å². The van der Waals surface area contributed by atoms with Crippen LogP contribution in [-0.4, -0.2) is 20.3 Å². The van der Waals surface area contributed by atoms with Crippen LogP contribution in [0.2, 0.25) is 0 Å². The second kappa shape index (κ2) is 8.33. The van der Waals surface area contributed by atoms with Crippen molar-refractivity contribution < 1.29 is 9.72 Å². The molecule has 0 aliphatic heterocycles. The van der Waals surface area contributed by atoms with Gasteiger partial charge in [-0.3, -0.25) is 14.9 Å². The lowest BCUT2D eigenvalue weighted by atomic mass is 10.0. The zero-order valence-electron chi connectivity index (χ0n) is 14.8. The summed E-state index contributed by atoms with van der Waals surface area (Å²) in [6.07, 6.45) is 4.72. The molecule has 0 bridgehead atoms. The van der Waals surface area contributed by atoms with Crippen molar-refractivity contribution in [2.45, 2.75) is 10.1 Å². The van der Waals surface area contributed by atoms with E-state index in [0.717, 1.165) is 0 Å². The smallest absolute Gasteiger partial charge is 0.283 e. The Balaban J connectivity index is 1.96. The first kappa shape index (κ1) is 19.1. The Morgan fingerprint density at radius 3 is 2.64 bits per heavy atom. The number of aromatic nitrogens is 2. The number of ketones is 1. The summed E-state index contributed by atoms with van der Waals surface area (Å²) in [5, 5.41) is 21.5. The summed E-state index contributed by atoms with van der Waals surface area (Å²) < 4.78 is 1.76. The first-order valence-electron chi connectivity index (χ1n) is 8.14. The summed E-state index contributed by atoms with van der Waals surface area (Å²) in [5.74, 6) is -0.433. The molecule has 8 heteroatoms. The minimum atomic E-state index is -0.492. The molecule has 0 amide bonds. The highest BCUT2D eigenvalue weighted by Gasteiger charge is 2.18. The summed E-state index contributed by atoms with van der Waals surface area (Å²) in [5.41, 5.74) is 0.569. The van der Waals surface area contributed by atoms with E-state index in [1.54, 1.807) is 66.5 Å². The van der Waals surface area contributed by atoms with Gasteiger partial charge >= 0.3 is 0 Å². The van der Waals surface area contributed by atoms with Gasteiger partial charge in [-0.1, -0.05) is 36.4 Å². The molecule has 0 unspecified atom stereocenters. The van der Waals surface area contributed by atoms with Crippen LogP contribution < -0.4 is 0 Å². The van der Waals surface area contributed by atoms with Crippen molar-refractivity contribution in [2.24, 2.45) is 7.05 Å². The lowest BCUT2D eigenvalue weighted by Crippen LogP contribution is -2.01. The van der Waals surface area contributed by atoms with E-state index in [0.29, 0.717) is 21.2 Å². The molecule has 0 saturated heterocycles. The predicted octanol–water partition coefficient (Wildman–Crippen LogP) is 4.27. The van der Waals surface area contributed by atoms with Gasteiger partial charge in [0.2, 0.25) is 5.78 Å². The first-order chi connectivity index (χ1) is 13.5. The molecule has 1 heterocycles. The maximum absolute atomic E-state index is 12.5. The number of nitro benzene ring substituents is 1. The van der Waals surface area contributed by atoms with E-state index in [1.165, 1.54) is 23.9 Å². The van der Waals surface area contributed by atoms with Crippen molar-refractivity contribution in [1.29, 1.82) is 5.26 Å². The molecule has 3 aromatic rings. The number of nitriles is 1.